The molecular formula is C10H10ClNO2S. The van der Waals surface area contributed by atoms with Crippen LogP contribution in [0.1, 0.15) is 10.4 Å². The number of hydrogen-bond donors (Lipinski definition) is 0. The summed E-state index contributed by atoms with van der Waals surface area (Å²) in [5.41, 5.74) is 1.16. The summed E-state index contributed by atoms with van der Waals surface area (Å²) in [5.74, 6) is -0.232. The van der Waals surface area contributed by atoms with E-state index in [2.05, 4.69) is 4.74 Å². The summed E-state index contributed by atoms with van der Waals surface area (Å²) in [5, 5.41) is 0. The zero-order valence-electron chi connectivity index (χ0n) is 8.20. The lowest BCUT2D eigenvalue weighted by Gasteiger charge is -2.21. The number of fused-ring (bicyclic) bond motifs is 1. The van der Waals surface area contributed by atoms with Crippen molar-refractivity contribution in [2.45, 2.75) is 6.54 Å². The van der Waals surface area contributed by atoms with Gasteiger partial charge in [0, 0.05) is 17.6 Å². The standard InChI is InChI=1S/C10H10ClNO2S/c1-14-10(13)6-12-3-2-8-7(5-12)4-9(11)15-8/h2-4H,5-6H2,1H3. The van der Waals surface area contributed by atoms with Crippen LogP contribution in [-0.4, -0.2) is 24.5 Å². The zero-order valence-corrected chi connectivity index (χ0v) is 9.77. The van der Waals surface area contributed by atoms with Crippen molar-refractivity contribution in [1.82, 2.24) is 4.90 Å². The molecule has 0 spiro atoms. The molecule has 0 amide bonds. The summed E-state index contributed by atoms with van der Waals surface area (Å²) in [4.78, 5) is 14.1. The number of thiophene rings is 1. The van der Waals surface area contributed by atoms with E-state index in [1.807, 2.05) is 23.2 Å². The molecule has 0 saturated heterocycles. The third-order valence-electron chi connectivity index (χ3n) is 2.18. The molecule has 1 aliphatic heterocycles. The van der Waals surface area contributed by atoms with Crippen LogP contribution in [0.3, 0.4) is 0 Å². The Balaban J connectivity index is 2.08. The number of rotatable bonds is 2. The Hall–Kier alpha value is -1.00. The highest BCUT2D eigenvalue weighted by molar-refractivity contribution is 7.17. The number of halogens is 1. The van der Waals surface area contributed by atoms with Gasteiger partial charge in [-0.1, -0.05) is 11.6 Å². The van der Waals surface area contributed by atoms with E-state index in [1.165, 1.54) is 12.0 Å². The van der Waals surface area contributed by atoms with Crippen molar-refractivity contribution in [3.8, 4) is 0 Å². The van der Waals surface area contributed by atoms with Gasteiger partial charge in [-0.05, 0) is 17.7 Å². The number of carbonyl (C=O) groups is 1. The maximum atomic E-state index is 11.1. The SMILES string of the molecule is COC(=O)CN1C=Cc2sc(Cl)cc2C1. The maximum Gasteiger partial charge on any atom is 0.325 e. The largest absolute Gasteiger partial charge is 0.468 e. The van der Waals surface area contributed by atoms with Gasteiger partial charge in [-0.2, -0.15) is 0 Å². The van der Waals surface area contributed by atoms with E-state index in [4.69, 9.17) is 11.6 Å². The van der Waals surface area contributed by atoms with Crippen LogP contribution >= 0.6 is 22.9 Å². The molecule has 0 unspecified atom stereocenters. The summed E-state index contributed by atoms with van der Waals surface area (Å²) in [6.07, 6.45) is 3.87. The first kappa shape index (κ1) is 10.5. The van der Waals surface area contributed by atoms with E-state index in [0.29, 0.717) is 6.54 Å². The van der Waals surface area contributed by atoms with E-state index in [0.717, 1.165) is 9.90 Å². The van der Waals surface area contributed by atoms with Gasteiger partial charge in [-0.25, -0.2) is 0 Å². The lowest BCUT2D eigenvalue weighted by Crippen LogP contribution is -2.26. The fourth-order valence-corrected chi connectivity index (χ4v) is 2.63. The van der Waals surface area contributed by atoms with E-state index in [-0.39, 0.29) is 12.5 Å². The summed E-state index contributed by atoms with van der Waals surface area (Å²) in [6, 6.07) is 1.94. The van der Waals surface area contributed by atoms with E-state index in [9.17, 15) is 4.79 Å². The highest BCUT2D eigenvalue weighted by Crippen LogP contribution is 2.31. The molecule has 0 aromatic carbocycles. The minimum Gasteiger partial charge on any atom is -0.468 e. The van der Waals surface area contributed by atoms with E-state index in [1.54, 1.807) is 11.3 Å². The molecule has 2 heterocycles. The molecule has 0 fully saturated rings. The normalized spacial score (nSPS) is 13.9. The van der Waals surface area contributed by atoms with Gasteiger partial charge >= 0.3 is 5.97 Å². The third kappa shape index (κ3) is 2.33. The number of nitrogens with zero attached hydrogens (tertiary/aromatic N) is 1. The number of carbonyl (C=O) groups excluding carboxylic acids is 1. The van der Waals surface area contributed by atoms with Crippen molar-refractivity contribution >= 4 is 35.0 Å². The number of methoxy groups -OCH3 is 1. The third-order valence-corrected chi connectivity index (χ3v) is 3.45. The van der Waals surface area contributed by atoms with Crippen molar-refractivity contribution in [3.05, 3.63) is 27.0 Å². The smallest absolute Gasteiger partial charge is 0.325 e. The second-order valence-corrected chi connectivity index (χ2v) is 4.95. The van der Waals surface area contributed by atoms with Crippen LogP contribution < -0.4 is 0 Å². The predicted molar refractivity (Wildman–Crippen MR) is 60.8 cm³/mol. The Bertz CT molecular complexity index is 414. The van der Waals surface area contributed by atoms with E-state index >= 15 is 0 Å². The van der Waals surface area contributed by atoms with Crippen molar-refractivity contribution < 1.29 is 9.53 Å². The van der Waals surface area contributed by atoms with Gasteiger partial charge in [0.25, 0.3) is 0 Å². The minimum atomic E-state index is -0.232. The maximum absolute atomic E-state index is 11.1. The Morgan fingerprint density at radius 1 is 1.73 bits per heavy atom. The topological polar surface area (TPSA) is 29.5 Å². The molecule has 2 rings (SSSR count). The molecule has 1 aromatic rings. The fraction of sp³-hybridized carbons (Fsp3) is 0.300. The summed E-state index contributed by atoms with van der Waals surface area (Å²) < 4.78 is 5.39. The average Bonchev–Trinajstić information content (AvgIpc) is 2.57. The molecule has 3 nitrogen and oxygen atoms in total. The molecule has 0 saturated carbocycles. The number of esters is 1. The minimum absolute atomic E-state index is 0.232. The Kier molecular flexibility index (Phi) is 2.98. The highest BCUT2D eigenvalue weighted by Gasteiger charge is 2.15. The van der Waals surface area contributed by atoms with Crippen molar-refractivity contribution in [2.75, 3.05) is 13.7 Å². The van der Waals surface area contributed by atoms with Crippen LogP contribution in [0.4, 0.5) is 0 Å². The van der Waals surface area contributed by atoms with Crippen molar-refractivity contribution in [3.63, 3.8) is 0 Å². The van der Waals surface area contributed by atoms with Crippen LogP contribution in [0.5, 0.6) is 0 Å². The predicted octanol–water partition coefficient (Wildman–Crippen LogP) is 2.36. The summed E-state index contributed by atoms with van der Waals surface area (Å²) >= 11 is 7.46. The van der Waals surface area contributed by atoms with Gasteiger partial charge in [-0.15, -0.1) is 11.3 Å². The summed E-state index contributed by atoms with van der Waals surface area (Å²) in [6.45, 7) is 0.990. The second-order valence-electron chi connectivity index (χ2n) is 3.24. The fourth-order valence-electron chi connectivity index (χ4n) is 1.46. The van der Waals surface area contributed by atoms with E-state index < -0.39 is 0 Å². The Morgan fingerprint density at radius 3 is 3.27 bits per heavy atom. The molecule has 1 aliphatic rings. The zero-order chi connectivity index (χ0) is 10.8. The van der Waals surface area contributed by atoms with Gasteiger partial charge < -0.3 is 9.64 Å². The molecule has 0 aliphatic carbocycles. The first-order valence-electron chi connectivity index (χ1n) is 4.46. The number of hydrogen-bond acceptors (Lipinski definition) is 4. The molecular weight excluding hydrogens is 234 g/mol. The molecule has 15 heavy (non-hydrogen) atoms. The molecule has 5 heteroatoms. The lowest BCUT2D eigenvalue weighted by atomic mass is 10.2. The van der Waals surface area contributed by atoms with Crippen LogP contribution in [0.15, 0.2) is 12.3 Å². The quantitative estimate of drug-likeness (QED) is 0.747. The molecule has 0 atom stereocenters. The summed E-state index contributed by atoms with van der Waals surface area (Å²) in [7, 11) is 1.39. The van der Waals surface area contributed by atoms with Crippen LogP contribution in [0.25, 0.3) is 6.08 Å². The first-order valence-corrected chi connectivity index (χ1v) is 5.66. The average molecular weight is 244 g/mol. The highest BCUT2D eigenvalue weighted by atomic mass is 35.5. The van der Waals surface area contributed by atoms with Gasteiger partial charge in [0.05, 0.1) is 11.4 Å². The molecule has 80 valence electrons. The molecule has 1 aromatic heterocycles. The molecule has 0 radical (unpaired) electrons. The second kappa shape index (κ2) is 4.24. The van der Waals surface area contributed by atoms with Gasteiger partial charge in [0.2, 0.25) is 0 Å². The lowest BCUT2D eigenvalue weighted by molar-refractivity contribution is -0.141. The number of ether oxygens (including phenoxy) is 1. The van der Waals surface area contributed by atoms with Crippen molar-refractivity contribution in [2.24, 2.45) is 0 Å². The van der Waals surface area contributed by atoms with Gasteiger partial charge in [0.15, 0.2) is 0 Å². The monoisotopic (exact) mass is 243 g/mol. The van der Waals surface area contributed by atoms with Crippen molar-refractivity contribution in [1.29, 1.82) is 0 Å². The van der Waals surface area contributed by atoms with Crippen LogP contribution in [-0.2, 0) is 16.1 Å². The molecule has 0 bridgehead atoms. The van der Waals surface area contributed by atoms with Crippen LogP contribution in [0.2, 0.25) is 4.34 Å². The Labute approximate surface area is 96.9 Å². The van der Waals surface area contributed by atoms with Crippen LogP contribution in [0, 0.1) is 0 Å². The van der Waals surface area contributed by atoms with Gasteiger partial charge in [0.1, 0.15) is 6.54 Å². The first-order chi connectivity index (χ1) is 7.19. The molecule has 0 N–H and O–H groups in total. The van der Waals surface area contributed by atoms with Gasteiger partial charge in [-0.3, -0.25) is 4.79 Å². The Morgan fingerprint density at radius 2 is 2.53 bits per heavy atom.